The molecule has 58 valence electrons. The average Bonchev–Trinajstić information content (AvgIpc) is 1.97. The average molecular weight is 205 g/mol. The number of carbonyl (C=O) groups is 1. The van der Waals surface area contributed by atoms with Crippen LogP contribution in [0.5, 0.6) is 0 Å². The Hall–Kier alpha value is -0.110. The van der Waals surface area contributed by atoms with E-state index in [1.165, 1.54) is 0 Å². The molecule has 0 radical (unpaired) electrons. The SMILES string of the molecule is O=CCCCC/C=C/CBr. The van der Waals surface area contributed by atoms with Crippen molar-refractivity contribution in [3.63, 3.8) is 0 Å². The summed E-state index contributed by atoms with van der Waals surface area (Å²) >= 11 is 3.29. The van der Waals surface area contributed by atoms with Gasteiger partial charge in [0.05, 0.1) is 0 Å². The molecule has 0 aromatic carbocycles. The Bertz CT molecular complexity index is 99.4. The number of unbranched alkanes of at least 4 members (excludes halogenated alkanes) is 3. The van der Waals surface area contributed by atoms with E-state index < -0.39 is 0 Å². The molecule has 0 N–H and O–H groups in total. The molecule has 0 spiro atoms. The summed E-state index contributed by atoms with van der Waals surface area (Å²) in [6.45, 7) is 0. The van der Waals surface area contributed by atoms with E-state index in [1.807, 2.05) is 0 Å². The molecule has 1 nitrogen and oxygen atoms in total. The number of halogens is 1. The number of carbonyl (C=O) groups excluding carboxylic acids is 1. The summed E-state index contributed by atoms with van der Waals surface area (Å²) in [6, 6.07) is 0. The maximum atomic E-state index is 9.87. The normalized spacial score (nSPS) is 10.5. The molecule has 2 heteroatoms. The molecule has 0 amide bonds. The molecule has 0 unspecified atom stereocenters. The van der Waals surface area contributed by atoms with Gasteiger partial charge in [-0.25, -0.2) is 0 Å². The first-order valence-corrected chi connectivity index (χ1v) is 4.68. The van der Waals surface area contributed by atoms with Crippen molar-refractivity contribution in [2.45, 2.75) is 25.7 Å². The zero-order valence-electron chi connectivity index (χ0n) is 6.05. The first-order chi connectivity index (χ1) is 4.91. The van der Waals surface area contributed by atoms with Crippen molar-refractivity contribution in [1.29, 1.82) is 0 Å². The minimum absolute atomic E-state index is 0.710. The molecular weight excluding hydrogens is 192 g/mol. The van der Waals surface area contributed by atoms with E-state index >= 15 is 0 Å². The summed E-state index contributed by atoms with van der Waals surface area (Å²) in [4.78, 5) is 9.87. The van der Waals surface area contributed by atoms with Crippen LogP contribution in [-0.2, 0) is 4.79 Å². The van der Waals surface area contributed by atoms with E-state index in [4.69, 9.17) is 0 Å². The fourth-order valence-electron chi connectivity index (χ4n) is 0.671. The number of hydrogen-bond donors (Lipinski definition) is 0. The molecule has 0 heterocycles. The molecule has 10 heavy (non-hydrogen) atoms. The summed E-state index contributed by atoms with van der Waals surface area (Å²) in [5.41, 5.74) is 0. The topological polar surface area (TPSA) is 17.1 Å². The molecule has 0 rings (SSSR count). The minimum Gasteiger partial charge on any atom is -0.303 e. The van der Waals surface area contributed by atoms with E-state index in [9.17, 15) is 4.79 Å². The second-order valence-corrected chi connectivity index (χ2v) is 2.72. The van der Waals surface area contributed by atoms with Crippen molar-refractivity contribution in [1.82, 2.24) is 0 Å². The lowest BCUT2D eigenvalue weighted by molar-refractivity contribution is -0.107. The predicted molar refractivity (Wildman–Crippen MR) is 47.5 cm³/mol. The zero-order chi connectivity index (χ0) is 7.66. The van der Waals surface area contributed by atoms with Crippen LogP contribution < -0.4 is 0 Å². The summed E-state index contributed by atoms with van der Waals surface area (Å²) < 4.78 is 0. The van der Waals surface area contributed by atoms with E-state index in [0.29, 0.717) is 6.42 Å². The molecule has 0 fully saturated rings. The highest BCUT2D eigenvalue weighted by Crippen LogP contribution is 1.98. The molecular formula is C8H13BrO. The van der Waals surface area contributed by atoms with Gasteiger partial charge in [0, 0.05) is 11.8 Å². The highest BCUT2D eigenvalue weighted by Gasteiger charge is 1.83. The monoisotopic (exact) mass is 204 g/mol. The molecule has 0 atom stereocenters. The molecule has 0 aliphatic carbocycles. The van der Waals surface area contributed by atoms with Gasteiger partial charge in [0.25, 0.3) is 0 Å². The van der Waals surface area contributed by atoms with Gasteiger partial charge < -0.3 is 4.79 Å². The molecule has 0 aromatic heterocycles. The lowest BCUT2D eigenvalue weighted by atomic mass is 10.2. The van der Waals surface area contributed by atoms with Crippen molar-refractivity contribution in [3.05, 3.63) is 12.2 Å². The van der Waals surface area contributed by atoms with Crippen molar-refractivity contribution in [2.75, 3.05) is 5.33 Å². The van der Waals surface area contributed by atoms with Gasteiger partial charge in [0.15, 0.2) is 0 Å². The third-order valence-electron chi connectivity index (χ3n) is 1.20. The Morgan fingerprint density at radius 1 is 1.10 bits per heavy atom. The number of rotatable bonds is 6. The smallest absolute Gasteiger partial charge is 0.119 e. The molecule has 0 aliphatic rings. The Morgan fingerprint density at radius 3 is 2.40 bits per heavy atom. The number of hydrogen-bond acceptors (Lipinski definition) is 1. The van der Waals surface area contributed by atoms with E-state index in [-0.39, 0.29) is 0 Å². The summed E-state index contributed by atoms with van der Waals surface area (Å²) in [5, 5.41) is 0.931. The fraction of sp³-hybridized carbons (Fsp3) is 0.625. The van der Waals surface area contributed by atoms with Gasteiger partial charge >= 0.3 is 0 Å². The molecule has 0 aromatic rings. The fourth-order valence-corrected chi connectivity index (χ4v) is 0.935. The lowest BCUT2D eigenvalue weighted by Gasteiger charge is -1.89. The largest absolute Gasteiger partial charge is 0.303 e. The first-order valence-electron chi connectivity index (χ1n) is 3.56. The summed E-state index contributed by atoms with van der Waals surface area (Å²) in [5.74, 6) is 0. The van der Waals surface area contributed by atoms with Crippen LogP contribution in [0.3, 0.4) is 0 Å². The van der Waals surface area contributed by atoms with E-state index in [1.54, 1.807) is 0 Å². The van der Waals surface area contributed by atoms with Crippen molar-refractivity contribution in [2.24, 2.45) is 0 Å². The van der Waals surface area contributed by atoms with E-state index in [0.717, 1.165) is 30.9 Å². The van der Waals surface area contributed by atoms with Gasteiger partial charge in [-0.2, -0.15) is 0 Å². The van der Waals surface area contributed by atoms with Crippen LogP contribution in [0.1, 0.15) is 25.7 Å². The highest BCUT2D eigenvalue weighted by atomic mass is 79.9. The van der Waals surface area contributed by atoms with Gasteiger partial charge in [-0.05, 0) is 19.3 Å². The third-order valence-corrected chi connectivity index (χ3v) is 1.57. The lowest BCUT2D eigenvalue weighted by Crippen LogP contribution is -1.75. The zero-order valence-corrected chi connectivity index (χ0v) is 7.64. The molecule has 0 bridgehead atoms. The van der Waals surface area contributed by atoms with Crippen LogP contribution in [0.25, 0.3) is 0 Å². The van der Waals surface area contributed by atoms with Crippen LogP contribution in [0, 0.1) is 0 Å². The Kier molecular flexibility index (Phi) is 8.79. The summed E-state index contributed by atoms with van der Waals surface area (Å²) in [7, 11) is 0. The van der Waals surface area contributed by atoms with Gasteiger partial charge in [-0.15, -0.1) is 0 Å². The van der Waals surface area contributed by atoms with Gasteiger partial charge in [-0.3, -0.25) is 0 Å². The van der Waals surface area contributed by atoms with Gasteiger partial charge in [0.1, 0.15) is 6.29 Å². The number of aldehydes is 1. The Balaban J connectivity index is 2.89. The minimum atomic E-state index is 0.710. The van der Waals surface area contributed by atoms with Crippen molar-refractivity contribution in [3.8, 4) is 0 Å². The molecule has 0 aliphatic heterocycles. The second-order valence-electron chi connectivity index (χ2n) is 2.08. The van der Waals surface area contributed by atoms with Crippen LogP contribution >= 0.6 is 15.9 Å². The van der Waals surface area contributed by atoms with E-state index in [2.05, 4.69) is 28.1 Å². The Morgan fingerprint density at radius 2 is 1.80 bits per heavy atom. The molecule has 0 saturated heterocycles. The molecule has 0 saturated carbocycles. The predicted octanol–water partition coefficient (Wildman–Crippen LogP) is 2.70. The van der Waals surface area contributed by atoms with Crippen molar-refractivity contribution >= 4 is 22.2 Å². The Labute approximate surface area is 70.6 Å². The number of alkyl halides is 1. The van der Waals surface area contributed by atoms with Crippen LogP contribution in [-0.4, -0.2) is 11.6 Å². The second kappa shape index (κ2) is 8.89. The van der Waals surface area contributed by atoms with Gasteiger partial charge in [-0.1, -0.05) is 28.1 Å². The quantitative estimate of drug-likeness (QED) is 0.282. The van der Waals surface area contributed by atoms with Crippen LogP contribution in [0.2, 0.25) is 0 Å². The number of allylic oxidation sites excluding steroid dienone is 2. The van der Waals surface area contributed by atoms with Crippen LogP contribution in [0.4, 0.5) is 0 Å². The van der Waals surface area contributed by atoms with Crippen molar-refractivity contribution < 1.29 is 4.79 Å². The highest BCUT2D eigenvalue weighted by molar-refractivity contribution is 9.09. The van der Waals surface area contributed by atoms with Crippen LogP contribution in [0.15, 0.2) is 12.2 Å². The summed E-state index contributed by atoms with van der Waals surface area (Å²) in [6.07, 6.45) is 9.16. The first kappa shape index (κ1) is 9.89. The van der Waals surface area contributed by atoms with Gasteiger partial charge in [0.2, 0.25) is 0 Å². The standard InChI is InChI=1S/C8H13BrO/c9-7-5-3-1-2-4-6-8-10/h3,5,8H,1-2,4,6-7H2/b5-3+. The third kappa shape index (κ3) is 7.89. The maximum absolute atomic E-state index is 9.87. The maximum Gasteiger partial charge on any atom is 0.119 e.